The second kappa shape index (κ2) is 6.61. The molecule has 0 aliphatic carbocycles. The molecule has 2 aromatic rings. The van der Waals surface area contributed by atoms with Crippen LogP contribution in [0, 0.1) is 5.82 Å². The molecule has 1 aliphatic rings. The van der Waals surface area contributed by atoms with E-state index in [0.717, 1.165) is 22.4 Å². The van der Waals surface area contributed by atoms with Crippen LogP contribution in [-0.4, -0.2) is 36.1 Å². The zero-order valence-electron chi connectivity index (χ0n) is 13.9. The molecule has 4 nitrogen and oxygen atoms in total. The molecule has 0 spiro atoms. The second-order valence-electron chi connectivity index (χ2n) is 6.44. The van der Waals surface area contributed by atoms with Crippen molar-refractivity contribution in [2.45, 2.75) is 25.6 Å². The number of anilines is 1. The summed E-state index contributed by atoms with van der Waals surface area (Å²) in [5.41, 5.74) is 3.94. The molecule has 1 N–H and O–H groups in total. The van der Waals surface area contributed by atoms with Gasteiger partial charge in [0.2, 0.25) is 0 Å². The van der Waals surface area contributed by atoms with Gasteiger partial charge in [0.25, 0.3) is 0 Å². The summed E-state index contributed by atoms with van der Waals surface area (Å²) in [5.74, 6) is -1.12. The Morgan fingerprint density at radius 1 is 1.21 bits per heavy atom. The van der Waals surface area contributed by atoms with Crippen LogP contribution in [0.5, 0.6) is 0 Å². The van der Waals surface area contributed by atoms with E-state index >= 15 is 0 Å². The summed E-state index contributed by atoms with van der Waals surface area (Å²) < 4.78 is 13.5. The van der Waals surface area contributed by atoms with Crippen LogP contribution in [0.1, 0.15) is 16.7 Å². The Bertz CT molecular complexity index is 744. The van der Waals surface area contributed by atoms with Gasteiger partial charge in [-0.1, -0.05) is 18.2 Å². The van der Waals surface area contributed by atoms with Gasteiger partial charge in [-0.3, -0.25) is 9.69 Å². The van der Waals surface area contributed by atoms with Crippen molar-refractivity contribution in [2.24, 2.45) is 0 Å². The highest BCUT2D eigenvalue weighted by molar-refractivity contribution is 5.74. The smallest absolute Gasteiger partial charge is 0.321 e. The van der Waals surface area contributed by atoms with Gasteiger partial charge in [0.1, 0.15) is 11.9 Å². The fraction of sp³-hybridized carbons (Fsp3) is 0.316. The number of halogens is 1. The van der Waals surface area contributed by atoms with Gasteiger partial charge < -0.3 is 10.0 Å². The lowest BCUT2D eigenvalue weighted by Gasteiger charge is -2.34. The lowest BCUT2D eigenvalue weighted by atomic mass is 9.93. The van der Waals surface area contributed by atoms with Crippen LogP contribution in [0.2, 0.25) is 0 Å². The predicted octanol–water partition coefficient (Wildman–Crippen LogP) is 2.90. The van der Waals surface area contributed by atoms with Crippen LogP contribution in [0.3, 0.4) is 0 Å². The van der Waals surface area contributed by atoms with E-state index in [1.54, 1.807) is 6.07 Å². The topological polar surface area (TPSA) is 43.8 Å². The highest BCUT2D eigenvalue weighted by Gasteiger charge is 2.31. The van der Waals surface area contributed by atoms with E-state index in [1.807, 2.05) is 48.2 Å². The minimum Gasteiger partial charge on any atom is -0.480 e. The minimum atomic E-state index is -0.838. The van der Waals surface area contributed by atoms with E-state index < -0.39 is 12.0 Å². The van der Waals surface area contributed by atoms with Gasteiger partial charge in [-0.25, -0.2) is 4.39 Å². The van der Waals surface area contributed by atoms with Crippen molar-refractivity contribution < 1.29 is 14.3 Å². The number of benzene rings is 2. The SMILES string of the molecule is CN(C)c1ccc(CN2Cc3cc(F)ccc3CC2C(=O)O)cc1. The van der Waals surface area contributed by atoms with Gasteiger partial charge in [-0.05, 0) is 47.4 Å². The molecule has 126 valence electrons. The summed E-state index contributed by atoms with van der Waals surface area (Å²) in [6.07, 6.45) is 0.404. The van der Waals surface area contributed by atoms with Gasteiger partial charge in [0.05, 0.1) is 0 Å². The van der Waals surface area contributed by atoms with Crippen molar-refractivity contribution in [3.8, 4) is 0 Å². The largest absolute Gasteiger partial charge is 0.480 e. The predicted molar refractivity (Wildman–Crippen MR) is 91.5 cm³/mol. The lowest BCUT2D eigenvalue weighted by Crippen LogP contribution is -2.45. The van der Waals surface area contributed by atoms with Gasteiger partial charge >= 0.3 is 5.97 Å². The van der Waals surface area contributed by atoms with Crippen LogP contribution in [0.25, 0.3) is 0 Å². The molecule has 0 saturated heterocycles. The number of fused-ring (bicyclic) bond motifs is 1. The number of rotatable bonds is 4. The number of carboxylic acid groups (broad SMARTS) is 1. The van der Waals surface area contributed by atoms with Crippen LogP contribution in [0.4, 0.5) is 10.1 Å². The van der Waals surface area contributed by atoms with Gasteiger partial charge in [-0.15, -0.1) is 0 Å². The molecule has 0 aromatic heterocycles. The zero-order chi connectivity index (χ0) is 17.3. The van der Waals surface area contributed by atoms with Crippen molar-refractivity contribution >= 4 is 11.7 Å². The van der Waals surface area contributed by atoms with Crippen LogP contribution < -0.4 is 4.90 Å². The first-order chi connectivity index (χ1) is 11.4. The molecule has 0 fully saturated rings. The fourth-order valence-corrected chi connectivity index (χ4v) is 3.15. The maximum atomic E-state index is 13.5. The number of carboxylic acids is 1. The molecular formula is C19H21FN2O2. The quantitative estimate of drug-likeness (QED) is 0.937. The zero-order valence-corrected chi connectivity index (χ0v) is 13.9. The van der Waals surface area contributed by atoms with E-state index in [9.17, 15) is 14.3 Å². The molecule has 0 amide bonds. The molecule has 0 bridgehead atoms. The maximum absolute atomic E-state index is 13.5. The maximum Gasteiger partial charge on any atom is 0.321 e. The number of nitrogens with zero attached hydrogens (tertiary/aromatic N) is 2. The van der Waals surface area contributed by atoms with E-state index in [0.29, 0.717) is 19.5 Å². The van der Waals surface area contributed by atoms with E-state index in [4.69, 9.17) is 0 Å². The Kier molecular flexibility index (Phi) is 4.53. The normalized spacial score (nSPS) is 17.4. The molecule has 5 heteroatoms. The van der Waals surface area contributed by atoms with Crippen molar-refractivity contribution in [2.75, 3.05) is 19.0 Å². The van der Waals surface area contributed by atoms with E-state index in [1.165, 1.54) is 12.1 Å². The second-order valence-corrected chi connectivity index (χ2v) is 6.44. The number of aliphatic carboxylic acids is 1. The number of hydrogen-bond donors (Lipinski definition) is 1. The molecule has 1 unspecified atom stereocenters. The highest BCUT2D eigenvalue weighted by atomic mass is 19.1. The summed E-state index contributed by atoms with van der Waals surface area (Å²) in [5, 5.41) is 9.56. The molecule has 1 atom stereocenters. The van der Waals surface area contributed by atoms with Crippen LogP contribution in [0.15, 0.2) is 42.5 Å². The molecule has 3 rings (SSSR count). The Hall–Kier alpha value is -2.40. The Morgan fingerprint density at radius 3 is 2.54 bits per heavy atom. The van der Waals surface area contributed by atoms with Crippen molar-refractivity contribution in [3.05, 3.63) is 65.0 Å². The van der Waals surface area contributed by atoms with Gasteiger partial charge in [0.15, 0.2) is 0 Å². The van der Waals surface area contributed by atoms with Crippen LogP contribution >= 0.6 is 0 Å². The molecule has 2 aromatic carbocycles. The summed E-state index contributed by atoms with van der Waals surface area (Å²) in [6.45, 7) is 0.972. The van der Waals surface area contributed by atoms with E-state index in [2.05, 4.69) is 0 Å². The average Bonchev–Trinajstić information content (AvgIpc) is 2.54. The van der Waals surface area contributed by atoms with Crippen LogP contribution in [-0.2, 0) is 24.3 Å². The Balaban J connectivity index is 1.83. The summed E-state index contributed by atoms with van der Waals surface area (Å²) in [4.78, 5) is 15.6. The van der Waals surface area contributed by atoms with Crippen molar-refractivity contribution in [3.63, 3.8) is 0 Å². The first-order valence-electron chi connectivity index (χ1n) is 7.94. The summed E-state index contributed by atoms with van der Waals surface area (Å²) >= 11 is 0. The molecule has 0 saturated carbocycles. The third-order valence-corrected chi connectivity index (χ3v) is 4.52. The minimum absolute atomic E-state index is 0.280. The Labute approximate surface area is 141 Å². The first-order valence-corrected chi connectivity index (χ1v) is 7.94. The number of carbonyl (C=O) groups is 1. The van der Waals surface area contributed by atoms with Gasteiger partial charge in [0, 0.05) is 32.9 Å². The molecule has 24 heavy (non-hydrogen) atoms. The third kappa shape index (κ3) is 3.41. The third-order valence-electron chi connectivity index (χ3n) is 4.52. The molecule has 1 aliphatic heterocycles. The first kappa shape index (κ1) is 16.5. The monoisotopic (exact) mass is 328 g/mol. The van der Waals surface area contributed by atoms with Crippen molar-refractivity contribution in [1.82, 2.24) is 4.90 Å². The Morgan fingerprint density at radius 2 is 1.92 bits per heavy atom. The lowest BCUT2D eigenvalue weighted by molar-refractivity contribution is -0.144. The van der Waals surface area contributed by atoms with Gasteiger partial charge in [-0.2, -0.15) is 0 Å². The summed E-state index contributed by atoms with van der Waals surface area (Å²) in [6, 6.07) is 12.1. The standard InChI is InChI=1S/C19H21FN2O2/c1-21(2)17-7-3-13(4-8-17)11-22-12-15-9-16(20)6-5-14(15)10-18(22)19(23)24/h3-9,18H,10-12H2,1-2H3,(H,23,24). The molecule has 0 radical (unpaired) electrons. The average molecular weight is 328 g/mol. The molecule has 1 heterocycles. The molecular weight excluding hydrogens is 307 g/mol. The highest BCUT2D eigenvalue weighted by Crippen LogP contribution is 2.26. The van der Waals surface area contributed by atoms with E-state index in [-0.39, 0.29) is 5.82 Å². The summed E-state index contributed by atoms with van der Waals surface area (Å²) in [7, 11) is 3.96. The van der Waals surface area contributed by atoms with Crippen molar-refractivity contribution in [1.29, 1.82) is 0 Å². The fourth-order valence-electron chi connectivity index (χ4n) is 3.15. The number of hydrogen-bond acceptors (Lipinski definition) is 3.